The highest BCUT2D eigenvalue weighted by molar-refractivity contribution is 6.46. The topological polar surface area (TPSA) is 85.3 Å². The lowest BCUT2D eigenvalue weighted by Crippen LogP contribution is -2.29. The lowest BCUT2D eigenvalue weighted by atomic mass is 9.95. The van der Waals surface area contributed by atoms with Crippen LogP contribution in [0.5, 0.6) is 17.2 Å². The number of amides is 1. The Labute approximate surface area is 215 Å². The average molecular weight is 500 g/mol. The number of Topliss-reactive ketones (excluding diaryl/α,β-unsaturated/α-hetero) is 1. The lowest BCUT2D eigenvalue weighted by molar-refractivity contribution is -0.140. The Morgan fingerprint density at radius 1 is 0.973 bits per heavy atom. The van der Waals surface area contributed by atoms with Crippen molar-refractivity contribution in [3.8, 4) is 17.2 Å². The number of carbonyl (C=O) groups is 2. The second-order valence-electron chi connectivity index (χ2n) is 9.04. The van der Waals surface area contributed by atoms with Crippen molar-refractivity contribution in [3.05, 3.63) is 95.1 Å². The Morgan fingerprint density at radius 2 is 1.70 bits per heavy atom. The Morgan fingerprint density at radius 3 is 2.43 bits per heavy atom. The summed E-state index contributed by atoms with van der Waals surface area (Å²) < 4.78 is 17.0. The van der Waals surface area contributed by atoms with Crippen molar-refractivity contribution in [2.45, 2.75) is 32.4 Å². The molecule has 3 aromatic rings. The summed E-state index contributed by atoms with van der Waals surface area (Å²) in [5, 5.41) is 11.4. The molecule has 5 rings (SSSR count). The number of carbonyl (C=O) groups excluding carboxylic acids is 2. The van der Waals surface area contributed by atoms with E-state index < -0.39 is 17.7 Å². The molecule has 190 valence electrons. The maximum Gasteiger partial charge on any atom is 0.295 e. The molecule has 7 nitrogen and oxygen atoms in total. The van der Waals surface area contributed by atoms with Crippen LogP contribution in [0.25, 0.3) is 5.76 Å². The van der Waals surface area contributed by atoms with Gasteiger partial charge in [-0.15, -0.1) is 0 Å². The molecule has 2 aliphatic heterocycles. The highest BCUT2D eigenvalue weighted by Crippen LogP contribution is 2.42. The number of aliphatic hydroxyl groups excluding tert-OH is 1. The highest BCUT2D eigenvalue weighted by atomic mass is 16.6. The molecule has 0 radical (unpaired) electrons. The average Bonchev–Trinajstić information content (AvgIpc) is 3.18. The molecule has 0 bridgehead atoms. The maximum atomic E-state index is 13.3. The number of ketones is 1. The minimum absolute atomic E-state index is 0.0391. The Hall–Kier alpha value is -4.26. The monoisotopic (exact) mass is 499 g/mol. The summed E-state index contributed by atoms with van der Waals surface area (Å²) in [6.45, 7) is 3.78. The van der Waals surface area contributed by atoms with E-state index in [2.05, 4.69) is 6.92 Å². The molecule has 2 aliphatic rings. The van der Waals surface area contributed by atoms with Gasteiger partial charge in [-0.2, -0.15) is 0 Å². The molecular formula is C30H29NO6. The molecule has 1 N–H and O–H groups in total. The number of benzene rings is 3. The largest absolute Gasteiger partial charge is 0.507 e. The zero-order valence-corrected chi connectivity index (χ0v) is 20.7. The third-order valence-electron chi connectivity index (χ3n) is 6.51. The number of rotatable bonds is 8. The summed E-state index contributed by atoms with van der Waals surface area (Å²) in [4.78, 5) is 28.1. The molecule has 1 saturated heterocycles. The van der Waals surface area contributed by atoms with Crippen molar-refractivity contribution < 1.29 is 28.9 Å². The first-order chi connectivity index (χ1) is 18.1. The molecule has 3 aromatic carbocycles. The second-order valence-corrected chi connectivity index (χ2v) is 9.04. The van der Waals surface area contributed by atoms with Crippen LogP contribution in [-0.2, 0) is 16.1 Å². The molecule has 37 heavy (non-hydrogen) atoms. The standard InChI is InChI=1S/C30H29NO6/c1-2-3-15-35-23-12-9-21(10-13-23)27-26(28(32)22-11-14-24-25(18-22)37-17-16-36-24)29(33)30(34)31(27)19-20-7-5-4-6-8-20/h4-14,18,27,32H,2-3,15-17,19H2,1H3/b28-26+/t27-/m0/s1. The molecular weight excluding hydrogens is 470 g/mol. The van der Waals surface area contributed by atoms with Gasteiger partial charge in [-0.1, -0.05) is 55.8 Å². The fourth-order valence-electron chi connectivity index (χ4n) is 4.60. The first-order valence-corrected chi connectivity index (χ1v) is 12.5. The van der Waals surface area contributed by atoms with Gasteiger partial charge in [-0.25, -0.2) is 0 Å². The van der Waals surface area contributed by atoms with Gasteiger partial charge in [0.15, 0.2) is 11.5 Å². The van der Waals surface area contributed by atoms with Crippen LogP contribution in [0.2, 0.25) is 0 Å². The number of aliphatic hydroxyl groups is 1. The van der Waals surface area contributed by atoms with Crippen molar-refractivity contribution >= 4 is 17.4 Å². The molecule has 1 atom stereocenters. The van der Waals surface area contributed by atoms with E-state index in [1.807, 2.05) is 54.6 Å². The van der Waals surface area contributed by atoms with Gasteiger partial charge in [0, 0.05) is 12.1 Å². The third-order valence-corrected chi connectivity index (χ3v) is 6.51. The fourth-order valence-corrected chi connectivity index (χ4v) is 4.60. The molecule has 0 spiro atoms. The summed E-state index contributed by atoms with van der Waals surface area (Å²) >= 11 is 0. The number of nitrogens with zero attached hydrogens (tertiary/aromatic N) is 1. The normalized spacial score (nSPS) is 18.2. The molecule has 7 heteroatoms. The van der Waals surface area contributed by atoms with Crippen LogP contribution in [-0.4, -0.2) is 41.5 Å². The van der Waals surface area contributed by atoms with Crippen LogP contribution in [0.1, 0.15) is 42.5 Å². The van der Waals surface area contributed by atoms with E-state index >= 15 is 0 Å². The fraction of sp³-hybridized carbons (Fsp3) is 0.267. The van der Waals surface area contributed by atoms with Crippen molar-refractivity contribution in [3.63, 3.8) is 0 Å². The number of fused-ring (bicyclic) bond motifs is 1. The predicted molar refractivity (Wildman–Crippen MR) is 139 cm³/mol. The van der Waals surface area contributed by atoms with E-state index in [4.69, 9.17) is 14.2 Å². The van der Waals surface area contributed by atoms with Gasteiger partial charge in [-0.05, 0) is 47.9 Å². The summed E-state index contributed by atoms with van der Waals surface area (Å²) in [5.41, 5.74) is 2.01. The second kappa shape index (κ2) is 10.8. The molecule has 1 amide bonds. The van der Waals surface area contributed by atoms with Crippen molar-refractivity contribution in [1.29, 1.82) is 0 Å². The van der Waals surface area contributed by atoms with Crippen molar-refractivity contribution in [2.75, 3.05) is 19.8 Å². The minimum Gasteiger partial charge on any atom is -0.507 e. The quantitative estimate of drug-likeness (QED) is 0.197. The highest BCUT2D eigenvalue weighted by Gasteiger charge is 2.46. The lowest BCUT2D eigenvalue weighted by Gasteiger charge is -2.26. The predicted octanol–water partition coefficient (Wildman–Crippen LogP) is 5.26. The van der Waals surface area contributed by atoms with E-state index in [0.717, 1.165) is 18.4 Å². The van der Waals surface area contributed by atoms with Gasteiger partial charge < -0.3 is 24.2 Å². The van der Waals surface area contributed by atoms with Crippen LogP contribution >= 0.6 is 0 Å². The van der Waals surface area contributed by atoms with Crippen LogP contribution < -0.4 is 14.2 Å². The van der Waals surface area contributed by atoms with Gasteiger partial charge in [0.2, 0.25) is 0 Å². The van der Waals surface area contributed by atoms with Gasteiger partial charge in [-0.3, -0.25) is 9.59 Å². The number of ether oxygens (including phenoxy) is 3. The Bertz CT molecular complexity index is 1320. The summed E-state index contributed by atoms with van der Waals surface area (Å²) in [5.74, 6) is 0.137. The maximum absolute atomic E-state index is 13.3. The van der Waals surface area contributed by atoms with E-state index in [1.165, 1.54) is 4.90 Å². The molecule has 2 heterocycles. The van der Waals surface area contributed by atoms with Crippen LogP contribution in [0, 0.1) is 0 Å². The SMILES string of the molecule is CCCCOc1ccc([C@H]2/C(=C(\O)c3ccc4c(c3)OCCO4)C(=O)C(=O)N2Cc2ccccc2)cc1. The van der Waals surface area contributed by atoms with E-state index in [1.54, 1.807) is 18.2 Å². The van der Waals surface area contributed by atoms with Crippen LogP contribution in [0.4, 0.5) is 0 Å². The van der Waals surface area contributed by atoms with Gasteiger partial charge in [0.1, 0.15) is 24.7 Å². The van der Waals surface area contributed by atoms with E-state index in [0.29, 0.717) is 48.2 Å². The van der Waals surface area contributed by atoms with Gasteiger partial charge in [0.05, 0.1) is 18.2 Å². The van der Waals surface area contributed by atoms with Gasteiger partial charge in [0.25, 0.3) is 11.7 Å². The number of likely N-dealkylation sites (tertiary alicyclic amines) is 1. The zero-order valence-electron chi connectivity index (χ0n) is 20.7. The van der Waals surface area contributed by atoms with Crippen molar-refractivity contribution in [1.82, 2.24) is 4.90 Å². The zero-order chi connectivity index (χ0) is 25.8. The van der Waals surface area contributed by atoms with Gasteiger partial charge >= 0.3 is 0 Å². The number of hydrogen-bond acceptors (Lipinski definition) is 6. The smallest absolute Gasteiger partial charge is 0.295 e. The number of unbranched alkanes of at least 4 members (excludes halogenated alkanes) is 1. The Balaban J connectivity index is 1.56. The molecule has 0 unspecified atom stereocenters. The summed E-state index contributed by atoms with van der Waals surface area (Å²) in [7, 11) is 0. The van der Waals surface area contributed by atoms with Crippen molar-refractivity contribution in [2.24, 2.45) is 0 Å². The molecule has 0 saturated carbocycles. The molecule has 0 aromatic heterocycles. The first kappa shape index (κ1) is 24.4. The number of hydrogen-bond donors (Lipinski definition) is 1. The Kier molecular flexibility index (Phi) is 7.12. The minimum atomic E-state index is -0.766. The molecule has 0 aliphatic carbocycles. The van der Waals surface area contributed by atoms with E-state index in [-0.39, 0.29) is 17.9 Å². The molecule has 1 fully saturated rings. The first-order valence-electron chi connectivity index (χ1n) is 12.5. The summed E-state index contributed by atoms with van der Waals surface area (Å²) in [6, 6.07) is 21.1. The third kappa shape index (κ3) is 5.03. The summed E-state index contributed by atoms with van der Waals surface area (Å²) in [6.07, 6.45) is 1.99. The van der Waals surface area contributed by atoms with Crippen LogP contribution in [0.3, 0.4) is 0 Å². The van der Waals surface area contributed by atoms with Crippen LogP contribution in [0.15, 0.2) is 78.4 Å². The van der Waals surface area contributed by atoms with E-state index in [9.17, 15) is 14.7 Å².